The molecule has 0 saturated heterocycles. The third-order valence-corrected chi connectivity index (χ3v) is 2.51. The molecule has 1 heterocycles. The first kappa shape index (κ1) is 12.2. The summed E-state index contributed by atoms with van der Waals surface area (Å²) in [5.74, 6) is 0. The standard InChI is InChI=1S/C11H13N5O2/c1-8(12)11-7-15(14-13-11)6-9-2-4-10(5-3-9)16(17)18/h2-5,7-8H,6,12H2,1H3. The maximum Gasteiger partial charge on any atom is 0.269 e. The Morgan fingerprint density at radius 3 is 2.61 bits per heavy atom. The van der Waals surface area contributed by atoms with Crippen molar-refractivity contribution in [3.63, 3.8) is 0 Å². The van der Waals surface area contributed by atoms with Crippen LogP contribution in [-0.2, 0) is 6.54 Å². The van der Waals surface area contributed by atoms with Gasteiger partial charge in [-0.25, -0.2) is 4.68 Å². The minimum atomic E-state index is -0.423. The Hall–Kier alpha value is -2.28. The summed E-state index contributed by atoms with van der Waals surface area (Å²) in [5.41, 5.74) is 7.40. The highest BCUT2D eigenvalue weighted by Crippen LogP contribution is 2.13. The largest absolute Gasteiger partial charge is 0.323 e. The fraction of sp³-hybridized carbons (Fsp3) is 0.273. The number of hydrogen-bond acceptors (Lipinski definition) is 5. The van der Waals surface area contributed by atoms with Gasteiger partial charge in [-0.2, -0.15) is 0 Å². The highest BCUT2D eigenvalue weighted by molar-refractivity contribution is 5.32. The third-order valence-electron chi connectivity index (χ3n) is 2.51. The lowest BCUT2D eigenvalue weighted by Gasteiger charge is -2.00. The summed E-state index contributed by atoms with van der Waals surface area (Å²) in [6.07, 6.45) is 1.77. The maximum atomic E-state index is 10.5. The van der Waals surface area contributed by atoms with E-state index in [4.69, 9.17) is 5.73 Å². The summed E-state index contributed by atoms with van der Waals surface area (Å²) >= 11 is 0. The topological polar surface area (TPSA) is 99.9 Å². The van der Waals surface area contributed by atoms with Gasteiger partial charge in [0.15, 0.2) is 0 Å². The second-order valence-electron chi connectivity index (χ2n) is 4.05. The number of benzene rings is 1. The van der Waals surface area contributed by atoms with Crippen LogP contribution in [0.1, 0.15) is 24.2 Å². The molecule has 7 nitrogen and oxygen atoms in total. The van der Waals surface area contributed by atoms with Crippen LogP contribution >= 0.6 is 0 Å². The Kier molecular flexibility index (Phi) is 3.33. The van der Waals surface area contributed by atoms with Gasteiger partial charge in [0.2, 0.25) is 0 Å². The fourth-order valence-corrected chi connectivity index (χ4v) is 1.51. The molecule has 1 aromatic carbocycles. The number of nitrogens with two attached hydrogens (primary N) is 1. The van der Waals surface area contributed by atoms with Crippen LogP contribution in [0.4, 0.5) is 5.69 Å². The molecule has 18 heavy (non-hydrogen) atoms. The zero-order valence-electron chi connectivity index (χ0n) is 9.85. The van der Waals surface area contributed by atoms with E-state index in [1.54, 1.807) is 23.0 Å². The number of hydrogen-bond donors (Lipinski definition) is 1. The van der Waals surface area contributed by atoms with Crippen molar-refractivity contribution in [2.24, 2.45) is 5.73 Å². The average Bonchev–Trinajstić information content (AvgIpc) is 2.78. The van der Waals surface area contributed by atoms with E-state index in [-0.39, 0.29) is 11.7 Å². The van der Waals surface area contributed by atoms with Gasteiger partial charge < -0.3 is 5.73 Å². The van der Waals surface area contributed by atoms with E-state index in [9.17, 15) is 10.1 Å². The van der Waals surface area contributed by atoms with Crippen LogP contribution in [0.2, 0.25) is 0 Å². The molecule has 1 aromatic heterocycles. The molecule has 2 aromatic rings. The number of nitrogens with zero attached hydrogens (tertiary/aromatic N) is 4. The molecule has 1 atom stereocenters. The van der Waals surface area contributed by atoms with Crippen molar-refractivity contribution in [3.05, 3.63) is 51.8 Å². The molecule has 0 aliphatic carbocycles. The van der Waals surface area contributed by atoms with Crippen LogP contribution in [0.3, 0.4) is 0 Å². The van der Waals surface area contributed by atoms with Crippen molar-refractivity contribution in [3.8, 4) is 0 Å². The number of rotatable bonds is 4. The number of aromatic nitrogens is 3. The monoisotopic (exact) mass is 247 g/mol. The molecule has 0 amide bonds. The highest BCUT2D eigenvalue weighted by atomic mass is 16.6. The molecule has 0 bridgehead atoms. The summed E-state index contributed by atoms with van der Waals surface area (Å²) in [7, 11) is 0. The molecule has 0 aliphatic heterocycles. The van der Waals surface area contributed by atoms with Crippen molar-refractivity contribution in [2.45, 2.75) is 19.5 Å². The molecule has 7 heteroatoms. The molecule has 1 unspecified atom stereocenters. The zero-order chi connectivity index (χ0) is 13.1. The summed E-state index contributed by atoms with van der Waals surface area (Å²) < 4.78 is 1.65. The number of nitro groups is 1. The summed E-state index contributed by atoms with van der Waals surface area (Å²) in [6, 6.07) is 6.18. The van der Waals surface area contributed by atoms with Gasteiger partial charge in [0.05, 0.1) is 23.4 Å². The Bertz CT molecular complexity index is 547. The molecule has 2 N–H and O–H groups in total. The first-order valence-corrected chi connectivity index (χ1v) is 5.45. The van der Waals surface area contributed by atoms with Gasteiger partial charge in [0.1, 0.15) is 0 Å². The predicted octanol–water partition coefficient (Wildman–Crippen LogP) is 1.25. The van der Waals surface area contributed by atoms with Gasteiger partial charge in [-0.05, 0) is 12.5 Å². The van der Waals surface area contributed by atoms with E-state index in [1.807, 2.05) is 6.92 Å². The van der Waals surface area contributed by atoms with Crippen LogP contribution < -0.4 is 5.73 Å². The number of nitro benzene ring substituents is 1. The van der Waals surface area contributed by atoms with E-state index >= 15 is 0 Å². The van der Waals surface area contributed by atoms with E-state index in [2.05, 4.69) is 10.3 Å². The molecule has 0 spiro atoms. The van der Waals surface area contributed by atoms with Crippen molar-refractivity contribution >= 4 is 5.69 Å². The minimum Gasteiger partial charge on any atom is -0.323 e. The quantitative estimate of drug-likeness (QED) is 0.647. The third kappa shape index (κ3) is 2.69. The second-order valence-corrected chi connectivity index (χ2v) is 4.05. The number of non-ortho nitro benzene ring substituents is 1. The summed E-state index contributed by atoms with van der Waals surface area (Å²) in [5, 5.41) is 18.4. The van der Waals surface area contributed by atoms with Crippen LogP contribution in [0.5, 0.6) is 0 Å². The lowest BCUT2D eigenvalue weighted by atomic mass is 10.2. The Morgan fingerprint density at radius 2 is 2.11 bits per heavy atom. The smallest absolute Gasteiger partial charge is 0.269 e. The second kappa shape index (κ2) is 4.92. The molecule has 94 valence electrons. The molecular weight excluding hydrogens is 234 g/mol. The molecule has 2 rings (SSSR count). The van der Waals surface area contributed by atoms with Gasteiger partial charge in [-0.1, -0.05) is 17.3 Å². The van der Waals surface area contributed by atoms with Gasteiger partial charge in [0.25, 0.3) is 5.69 Å². The van der Waals surface area contributed by atoms with Gasteiger partial charge >= 0.3 is 0 Å². The normalized spacial score (nSPS) is 12.3. The Labute approximate surface area is 103 Å². The SMILES string of the molecule is CC(N)c1cn(Cc2ccc([N+](=O)[O-])cc2)nn1. The van der Waals surface area contributed by atoms with Gasteiger partial charge in [-0.15, -0.1) is 5.10 Å². The van der Waals surface area contributed by atoms with Crippen molar-refractivity contribution in [1.29, 1.82) is 0 Å². The zero-order valence-corrected chi connectivity index (χ0v) is 9.85. The minimum absolute atomic E-state index is 0.0774. The predicted molar refractivity (Wildman–Crippen MR) is 64.8 cm³/mol. The molecule has 0 saturated carbocycles. The van der Waals surface area contributed by atoms with E-state index in [0.717, 1.165) is 11.3 Å². The first-order valence-electron chi connectivity index (χ1n) is 5.45. The Morgan fingerprint density at radius 1 is 1.44 bits per heavy atom. The molecule has 0 fully saturated rings. The van der Waals surface area contributed by atoms with Crippen molar-refractivity contribution in [1.82, 2.24) is 15.0 Å². The van der Waals surface area contributed by atoms with Crippen LogP contribution in [0, 0.1) is 10.1 Å². The maximum absolute atomic E-state index is 10.5. The van der Waals surface area contributed by atoms with E-state index < -0.39 is 4.92 Å². The molecular formula is C11H13N5O2. The summed E-state index contributed by atoms with van der Waals surface area (Å²) in [6.45, 7) is 2.35. The van der Waals surface area contributed by atoms with Crippen molar-refractivity contribution in [2.75, 3.05) is 0 Å². The Balaban J connectivity index is 2.10. The first-order chi connectivity index (χ1) is 8.56. The van der Waals surface area contributed by atoms with Gasteiger partial charge in [-0.3, -0.25) is 10.1 Å². The lowest BCUT2D eigenvalue weighted by Crippen LogP contribution is -2.05. The van der Waals surface area contributed by atoms with E-state index in [0.29, 0.717) is 6.54 Å². The van der Waals surface area contributed by atoms with Gasteiger partial charge in [0, 0.05) is 18.2 Å². The van der Waals surface area contributed by atoms with E-state index in [1.165, 1.54) is 12.1 Å². The fourth-order valence-electron chi connectivity index (χ4n) is 1.51. The van der Waals surface area contributed by atoms with Crippen LogP contribution in [0.15, 0.2) is 30.5 Å². The van der Waals surface area contributed by atoms with Crippen molar-refractivity contribution < 1.29 is 4.92 Å². The van der Waals surface area contributed by atoms with Crippen LogP contribution in [-0.4, -0.2) is 19.9 Å². The summed E-state index contributed by atoms with van der Waals surface area (Å²) in [4.78, 5) is 10.1. The lowest BCUT2D eigenvalue weighted by molar-refractivity contribution is -0.384. The molecule has 0 aliphatic rings. The highest BCUT2D eigenvalue weighted by Gasteiger charge is 2.07. The average molecular weight is 247 g/mol. The van der Waals surface area contributed by atoms with Crippen LogP contribution in [0.25, 0.3) is 0 Å². The molecule has 0 radical (unpaired) electrons.